The zero-order chi connectivity index (χ0) is 29.9. The van der Waals surface area contributed by atoms with Crippen molar-refractivity contribution in [1.29, 1.82) is 0 Å². The number of allylic oxidation sites excluding steroid dienone is 1. The minimum Gasteiger partial charge on any atom is -0.443 e. The van der Waals surface area contributed by atoms with Gasteiger partial charge in [0.05, 0.1) is 31.1 Å². The summed E-state index contributed by atoms with van der Waals surface area (Å²) < 4.78 is 12.9. The highest BCUT2D eigenvalue weighted by Crippen LogP contribution is 2.32. The number of carbonyl (C=O) groups is 2. The van der Waals surface area contributed by atoms with Crippen molar-refractivity contribution in [2.24, 2.45) is 0 Å². The van der Waals surface area contributed by atoms with Gasteiger partial charge in [0.25, 0.3) is 0 Å². The lowest BCUT2D eigenvalue weighted by Gasteiger charge is -2.31. The molecule has 3 atom stereocenters. The number of amides is 2. The van der Waals surface area contributed by atoms with Crippen LogP contribution in [0.25, 0.3) is 11.2 Å². The van der Waals surface area contributed by atoms with Gasteiger partial charge in [0, 0.05) is 0 Å². The second-order valence-corrected chi connectivity index (χ2v) is 12.3. The molecular weight excluding hydrogens is 548 g/mol. The molecule has 11 nitrogen and oxygen atoms in total. The minimum atomic E-state index is -0.802. The van der Waals surface area contributed by atoms with Crippen LogP contribution in [0.1, 0.15) is 59.6 Å². The third-order valence-corrected chi connectivity index (χ3v) is 6.36. The van der Waals surface area contributed by atoms with E-state index in [1.165, 1.54) is 0 Å². The predicted octanol–water partition coefficient (Wildman–Crippen LogP) is 5.54. The summed E-state index contributed by atoms with van der Waals surface area (Å²) in [7, 11) is 0. The Hall–Kier alpha value is -3.70. The van der Waals surface area contributed by atoms with Crippen molar-refractivity contribution in [2.45, 2.75) is 83.7 Å². The highest BCUT2D eigenvalue weighted by Gasteiger charge is 2.39. The summed E-state index contributed by atoms with van der Waals surface area (Å²) in [5.41, 5.74) is 0.407. The molecule has 4 rings (SSSR count). The van der Waals surface area contributed by atoms with Crippen molar-refractivity contribution < 1.29 is 24.2 Å². The fourth-order valence-corrected chi connectivity index (χ4v) is 4.68. The largest absolute Gasteiger partial charge is 0.443 e. The highest BCUT2D eigenvalue weighted by molar-refractivity contribution is 6.28. The lowest BCUT2D eigenvalue weighted by Crippen LogP contribution is -2.48. The monoisotopic (exact) mass is 584 g/mol. The molecule has 0 saturated heterocycles. The molecule has 2 amide bonds. The third-order valence-electron chi connectivity index (χ3n) is 6.19. The Morgan fingerprint density at radius 3 is 2.29 bits per heavy atom. The SMILES string of the molecule is CC(C)(C)OC(=O)N(C(=O)OC(C)(C)C)[C@@H]1C=C[C@H](n2cnc3c(N[C@H](CO)Cc4ccccc4)nc(Cl)nc32)C1. The molecule has 0 spiro atoms. The number of fused-ring (bicyclic) bond motifs is 1. The van der Waals surface area contributed by atoms with Gasteiger partial charge in [-0.15, -0.1) is 0 Å². The van der Waals surface area contributed by atoms with Crippen LogP contribution < -0.4 is 5.32 Å². The topological polar surface area (TPSA) is 132 Å². The van der Waals surface area contributed by atoms with Gasteiger partial charge in [0.2, 0.25) is 5.28 Å². The number of anilines is 1. The molecule has 0 aliphatic heterocycles. The first-order chi connectivity index (χ1) is 19.2. The number of benzene rings is 1. The molecular formula is C29H37ClN6O5. The summed E-state index contributed by atoms with van der Waals surface area (Å²) in [6.07, 6.45) is 4.61. The first-order valence-electron chi connectivity index (χ1n) is 13.5. The van der Waals surface area contributed by atoms with Gasteiger partial charge >= 0.3 is 12.2 Å². The average molecular weight is 585 g/mol. The van der Waals surface area contributed by atoms with Crippen molar-refractivity contribution in [2.75, 3.05) is 11.9 Å². The van der Waals surface area contributed by atoms with Gasteiger partial charge in [-0.05, 0) is 71.5 Å². The molecule has 3 aromatic rings. The number of aromatic nitrogens is 4. The Labute approximate surface area is 244 Å². The molecule has 0 radical (unpaired) electrons. The van der Waals surface area contributed by atoms with E-state index in [0.29, 0.717) is 29.8 Å². The zero-order valence-electron chi connectivity index (χ0n) is 24.2. The number of nitrogens with one attached hydrogen (secondary N) is 1. The van der Waals surface area contributed by atoms with Crippen LogP contribution in [-0.2, 0) is 15.9 Å². The van der Waals surface area contributed by atoms with Gasteiger partial charge in [-0.25, -0.2) is 19.5 Å². The number of imidazole rings is 1. The van der Waals surface area contributed by atoms with Crippen molar-refractivity contribution in [3.63, 3.8) is 0 Å². The van der Waals surface area contributed by atoms with E-state index >= 15 is 0 Å². The van der Waals surface area contributed by atoms with Gasteiger partial charge in [-0.3, -0.25) is 0 Å². The minimum absolute atomic E-state index is 0.0146. The van der Waals surface area contributed by atoms with Crippen LogP contribution in [0, 0.1) is 0 Å². The lowest BCUT2D eigenvalue weighted by molar-refractivity contribution is -0.00401. The summed E-state index contributed by atoms with van der Waals surface area (Å²) in [5, 5.41) is 13.3. The van der Waals surface area contributed by atoms with Crippen molar-refractivity contribution in [3.05, 3.63) is 59.7 Å². The Balaban J connectivity index is 1.58. The fourth-order valence-electron chi connectivity index (χ4n) is 4.51. The van der Waals surface area contributed by atoms with Crippen LogP contribution in [0.5, 0.6) is 0 Å². The van der Waals surface area contributed by atoms with Gasteiger partial charge in [0.15, 0.2) is 17.0 Å². The second-order valence-electron chi connectivity index (χ2n) is 12.0. The average Bonchev–Trinajstić information content (AvgIpc) is 3.49. The van der Waals surface area contributed by atoms with Crippen LogP contribution in [0.2, 0.25) is 5.28 Å². The smallest absolute Gasteiger partial charge is 0.420 e. The van der Waals surface area contributed by atoms with Crippen molar-refractivity contribution >= 4 is 40.8 Å². The van der Waals surface area contributed by atoms with E-state index in [1.807, 2.05) is 41.0 Å². The molecule has 1 aromatic carbocycles. The third kappa shape index (κ3) is 7.74. The van der Waals surface area contributed by atoms with Crippen LogP contribution in [0.3, 0.4) is 0 Å². The number of ether oxygens (including phenoxy) is 2. The first-order valence-corrected chi connectivity index (χ1v) is 13.9. The van der Waals surface area contributed by atoms with E-state index in [1.54, 1.807) is 53.9 Å². The molecule has 0 unspecified atom stereocenters. The van der Waals surface area contributed by atoms with E-state index in [2.05, 4.69) is 20.3 Å². The maximum atomic E-state index is 13.1. The number of imide groups is 1. The highest BCUT2D eigenvalue weighted by atomic mass is 35.5. The number of halogens is 1. The summed E-state index contributed by atoms with van der Waals surface area (Å²) >= 11 is 6.32. The molecule has 41 heavy (non-hydrogen) atoms. The number of hydrogen-bond donors (Lipinski definition) is 2. The molecule has 0 saturated carbocycles. The lowest BCUT2D eigenvalue weighted by atomic mass is 10.1. The predicted molar refractivity (Wildman–Crippen MR) is 156 cm³/mol. The molecule has 2 N–H and O–H groups in total. The molecule has 220 valence electrons. The van der Waals surface area contributed by atoms with E-state index in [9.17, 15) is 14.7 Å². The first kappa shape index (κ1) is 30.3. The number of aliphatic hydroxyl groups is 1. The normalized spacial score (nSPS) is 17.9. The number of aliphatic hydroxyl groups excluding tert-OH is 1. The maximum Gasteiger partial charge on any atom is 0.420 e. The van der Waals surface area contributed by atoms with Crippen LogP contribution >= 0.6 is 11.6 Å². The molecule has 0 bridgehead atoms. The quantitative estimate of drug-likeness (QED) is 0.271. The number of nitrogens with zero attached hydrogens (tertiary/aromatic N) is 5. The second kappa shape index (κ2) is 12.0. The Morgan fingerprint density at radius 1 is 1.07 bits per heavy atom. The Kier molecular flexibility index (Phi) is 8.89. The van der Waals surface area contributed by atoms with Crippen LogP contribution in [0.4, 0.5) is 15.4 Å². The summed E-state index contributed by atoms with van der Waals surface area (Å²) in [4.78, 5) is 40.5. The zero-order valence-corrected chi connectivity index (χ0v) is 24.9. The standard InChI is InChI=1S/C29H37ClN6O5/c1-28(2,3)40-26(38)36(27(39)41-29(4,5)6)21-13-12-20(15-21)35-17-31-22-23(33-25(30)34-24(22)35)32-19(16-37)14-18-10-8-7-9-11-18/h7-13,17,19-21,37H,14-16H2,1-6H3,(H,32,33,34)/t19-,20-,21+/m0/s1. The molecule has 1 aliphatic rings. The number of rotatable bonds is 7. The van der Waals surface area contributed by atoms with E-state index in [4.69, 9.17) is 21.1 Å². The van der Waals surface area contributed by atoms with Gasteiger partial charge in [-0.1, -0.05) is 42.5 Å². The van der Waals surface area contributed by atoms with Crippen molar-refractivity contribution in [3.8, 4) is 0 Å². The molecule has 2 heterocycles. The van der Waals surface area contributed by atoms with Crippen LogP contribution in [0.15, 0.2) is 48.8 Å². The Bertz CT molecular complexity index is 1380. The summed E-state index contributed by atoms with van der Waals surface area (Å²) in [6, 6.07) is 8.55. The molecule has 1 aliphatic carbocycles. The van der Waals surface area contributed by atoms with E-state index in [0.717, 1.165) is 10.5 Å². The number of carbonyl (C=O) groups excluding carboxylic acids is 2. The van der Waals surface area contributed by atoms with Crippen molar-refractivity contribution in [1.82, 2.24) is 24.4 Å². The van der Waals surface area contributed by atoms with Gasteiger partial charge in [0.1, 0.15) is 11.2 Å². The van der Waals surface area contributed by atoms with Gasteiger partial charge < -0.3 is 24.5 Å². The fraction of sp³-hybridized carbons (Fsp3) is 0.483. The summed E-state index contributed by atoms with van der Waals surface area (Å²) in [5.74, 6) is 0.399. The van der Waals surface area contributed by atoms with E-state index in [-0.39, 0.29) is 24.0 Å². The molecule has 0 fully saturated rings. The van der Waals surface area contributed by atoms with Crippen LogP contribution in [-0.4, -0.2) is 71.6 Å². The Morgan fingerprint density at radius 2 is 1.71 bits per heavy atom. The maximum absolute atomic E-state index is 13.1. The molecule has 2 aromatic heterocycles. The molecule has 12 heteroatoms. The summed E-state index contributed by atoms with van der Waals surface area (Å²) in [6.45, 7) is 10.3. The van der Waals surface area contributed by atoms with E-state index < -0.39 is 29.4 Å². The van der Waals surface area contributed by atoms with Gasteiger partial charge in [-0.2, -0.15) is 9.97 Å². The number of hydrogen-bond acceptors (Lipinski definition) is 9.